The van der Waals surface area contributed by atoms with Gasteiger partial charge in [0.1, 0.15) is 10.7 Å². The fourth-order valence-corrected chi connectivity index (χ4v) is 3.21. The standard InChI is InChI=1S/C13H11ClFNO3S/c14-10-6-5-9(8-17)7-13(10)20(18,19)16-12-4-2-1-3-11(12)15/h1-7,16-17H,8H2. The van der Waals surface area contributed by atoms with E-state index in [0.717, 1.165) is 6.07 Å². The molecule has 0 saturated heterocycles. The van der Waals surface area contributed by atoms with Gasteiger partial charge in [0.05, 0.1) is 17.3 Å². The van der Waals surface area contributed by atoms with E-state index in [-0.39, 0.29) is 22.2 Å². The van der Waals surface area contributed by atoms with Gasteiger partial charge in [-0.1, -0.05) is 29.8 Å². The monoisotopic (exact) mass is 315 g/mol. The van der Waals surface area contributed by atoms with E-state index in [4.69, 9.17) is 16.7 Å². The summed E-state index contributed by atoms with van der Waals surface area (Å²) in [5.41, 5.74) is 0.223. The van der Waals surface area contributed by atoms with Crippen LogP contribution in [0.5, 0.6) is 0 Å². The molecule has 0 fully saturated rings. The number of benzene rings is 2. The molecule has 2 aromatic carbocycles. The molecule has 0 spiro atoms. The first kappa shape index (κ1) is 14.8. The van der Waals surface area contributed by atoms with Crippen LogP contribution in [0.3, 0.4) is 0 Å². The Kier molecular flexibility index (Phi) is 4.27. The molecule has 0 bridgehead atoms. The Morgan fingerprint density at radius 2 is 1.90 bits per heavy atom. The van der Waals surface area contributed by atoms with Gasteiger partial charge < -0.3 is 5.11 Å². The van der Waals surface area contributed by atoms with E-state index in [1.54, 1.807) is 0 Å². The number of nitrogens with one attached hydrogen (secondary N) is 1. The van der Waals surface area contributed by atoms with Gasteiger partial charge in [-0.3, -0.25) is 4.72 Å². The molecule has 0 amide bonds. The van der Waals surface area contributed by atoms with Gasteiger partial charge >= 0.3 is 0 Å². The Hall–Kier alpha value is -1.63. The number of rotatable bonds is 4. The Balaban J connectivity index is 2.43. The van der Waals surface area contributed by atoms with Crippen molar-refractivity contribution in [3.63, 3.8) is 0 Å². The highest BCUT2D eigenvalue weighted by atomic mass is 35.5. The Labute approximate surface area is 120 Å². The molecule has 4 nitrogen and oxygen atoms in total. The lowest BCUT2D eigenvalue weighted by atomic mass is 10.2. The molecule has 0 radical (unpaired) electrons. The van der Waals surface area contributed by atoms with Crippen LogP contribution in [0.25, 0.3) is 0 Å². The molecule has 2 N–H and O–H groups in total. The van der Waals surface area contributed by atoms with Gasteiger partial charge in [0.2, 0.25) is 0 Å². The number of aliphatic hydroxyl groups excluding tert-OH is 1. The van der Waals surface area contributed by atoms with E-state index in [1.807, 2.05) is 0 Å². The normalized spacial score (nSPS) is 11.3. The number of anilines is 1. The number of aliphatic hydroxyl groups is 1. The maximum absolute atomic E-state index is 13.5. The third kappa shape index (κ3) is 3.09. The maximum Gasteiger partial charge on any atom is 0.263 e. The van der Waals surface area contributed by atoms with Crippen molar-refractivity contribution in [1.29, 1.82) is 0 Å². The first-order valence-corrected chi connectivity index (χ1v) is 7.47. The van der Waals surface area contributed by atoms with Crippen molar-refractivity contribution in [1.82, 2.24) is 0 Å². The number of hydrogen-bond donors (Lipinski definition) is 2. The van der Waals surface area contributed by atoms with Crippen LogP contribution in [0.4, 0.5) is 10.1 Å². The average Bonchev–Trinajstić information content (AvgIpc) is 2.41. The van der Waals surface area contributed by atoms with Crippen molar-refractivity contribution < 1.29 is 17.9 Å². The zero-order valence-electron chi connectivity index (χ0n) is 10.2. The lowest BCUT2D eigenvalue weighted by Crippen LogP contribution is -2.14. The van der Waals surface area contributed by atoms with Crippen molar-refractivity contribution in [3.8, 4) is 0 Å². The highest BCUT2D eigenvalue weighted by Gasteiger charge is 2.19. The van der Waals surface area contributed by atoms with Crippen molar-refractivity contribution in [2.45, 2.75) is 11.5 Å². The van der Waals surface area contributed by atoms with Crippen molar-refractivity contribution >= 4 is 27.3 Å². The maximum atomic E-state index is 13.5. The Morgan fingerprint density at radius 3 is 2.55 bits per heavy atom. The molecule has 7 heteroatoms. The summed E-state index contributed by atoms with van der Waals surface area (Å²) < 4.78 is 40.0. The average molecular weight is 316 g/mol. The summed E-state index contributed by atoms with van der Waals surface area (Å²) in [5.74, 6) is -0.689. The van der Waals surface area contributed by atoms with Crippen LogP contribution in [-0.4, -0.2) is 13.5 Å². The first-order valence-electron chi connectivity index (χ1n) is 5.60. The minimum atomic E-state index is -4.03. The molecule has 0 aliphatic carbocycles. The molecule has 0 atom stereocenters. The molecule has 2 rings (SSSR count). The zero-order valence-corrected chi connectivity index (χ0v) is 11.7. The molecule has 106 valence electrons. The molecule has 0 saturated carbocycles. The van der Waals surface area contributed by atoms with Gasteiger partial charge in [0, 0.05) is 0 Å². The lowest BCUT2D eigenvalue weighted by molar-refractivity contribution is 0.281. The summed E-state index contributed by atoms with van der Waals surface area (Å²) in [6.07, 6.45) is 0. The number of para-hydroxylation sites is 1. The first-order chi connectivity index (χ1) is 9.44. The molecule has 20 heavy (non-hydrogen) atoms. The van der Waals surface area contributed by atoms with Crippen LogP contribution in [0, 0.1) is 5.82 Å². The third-order valence-corrected chi connectivity index (χ3v) is 4.43. The zero-order chi connectivity index (χ0) is 14.8. The number of hydrogen-bond acceptors (Lipinski definition) is 3. The van der Waals surface area contributed by atoms with Crippen molar-refractivity contribution in [3.05, 3.63) is 58.9 Å². The van der Waals surface area contributed by atoms with Crippen molar-refractivity contribution in [2.24, 2.45) is 0 Å². The third-order valence-electron chi connectivity index (χ3n) is 2.59. The lowest BCUT2D eigenvalue weighted by Gasteiger charge is -2.11. The van der Waals surface area contributed by atoms with Crippen LogP contribution in [0.15, 0.2) is 47.4 Å². The van der Waals surface area contributed by atoms with Gasteiger partial charge in [0.25, 0.3) is 10.0 Å². The summed E-state index contributed by atoms with van der Waals surface area (Å²) in [4.78, 5) is -0.214. The largest absolute Gasteiger partial charge is 0.392 e. The van der Waals surface area contributed by atoms with E-state index in [0.29, 0.717) is 5.56 Å². The van der Waals surface area contributed by atoms with E-state index in [9.17, 15) is 12.8 Å². The fraction of sp³-hybridized carbons (Fsp3) is 0.0769. The van der Waals surface area contributed by atoms with Crippen LogP contribution in [0.1, 0.15) is 5.56 Å². The second-order valence-corrected chi connectivity index (χ2v) is 6.07. The summed E-state index contributed by atoms with van der Waals surface area (Å²) >= 11 is 5.85. The molecule has 0 aliphatic rings. The molecular weight excluding hydrogens is 305 g/mol. The SMILES string of the molecule is O=S(=O)(Nc1ccccc1F)c1cc(CO)ccc1Cl. The minimum absolute atomic E-state index is 0.00830. The topological polar surface area (TPSA) is 66.4 Å². The highest BCUT2D eigenvalue weighted by molar-refractivity contribution is 7.92. The van der Waals surface area contributed by atoms with Gasteiger partial charge in [-0.05, 0) is 29.8 Å². The van der Waals surface area contributed by atoms with Crippen LogP contribution in [0.2, 0.25) is 5.02 Å². The molecule has 0 heterocycles. The predicted octanol–water partition coefficient (Wildman–Crippen LogP) is 2.77. The van der Waals surface area contributed by atoms with Gasteiger partial charge in [-0.2, -0.15) is 0 Å². The number of halogens is 2. The summed E-state index contributed by atoms with van der Waals surface area (Å²) in [7, 11) is -4.03. The summed E-state index contributed by atoms with van der Waals surface area (Å²) in [5, 5.41) is 9.03. The molecule has 0 aromatic heterocycles. The predicted molar refractivity (Wildman–Crippen MR) is 74.6 cm³/mol. The second-order valence-electron chi connectivity index (χ2n) is 4.01. The second kappa shape index (κ2) is 5.78. The van der Waals surface area contributed by atoms with Gasteiger partial charge in [-0.25, -0.2) is 12.8 Å². The van der Waals surface area contributed by atoms with E-state index < -0.39 is 15.8 Å². The minimum Gasteiger partial charge on any atom is -0.392 e. The summed E-state index contributed by atoms with van der Waals surface area (Å²) in [6, 6.07) is 9.51. The van der Waals surface area contributed by atoms with E-state index in [1.165, 1.54) is 36.4 Å². The van der Waals surface area contributed by atoms with Gasteiger partial charge in [0.15, 0.2) is 0 Å². The van der Waals surface area contributed by atoms with Crippen LogP contribution >= 0.6 is 11.6 Å². The molecular formula is C13H11ClFNO3S. The highest BCUT2D eigenvalue weighted by Crippen LogP contribution is 2.25. The van der Waals surface area contributed by atoms with Gasteiger partial charge in [-0.15, -0.1) is 0 Å². The van der Waals surface area contributed by atoms with Crippen LogP contribution < -0.4 is 4.72 Å². The molecule has 0 aliphatic heterocycles. The molecule has 2 aromatic rings. The van der Waals surface area contributed by atoms with E-state index >= 15 is 0 Å². The smallest absolute Gasteiger partial charge is 0.263 e. The Morgan fingerprint density at radius 1 is 1.20 bits per heavy atom. The van der Waals surface area contributed by atoms with E-state index in [2.05, 4.69) is 4.72 Å². The van der Waals surface area contributed by atoms with Crippen molar-refractivity contribution in [2.75, 3.05) is 4.72 Å². The molecule has 0 unspecified atom stereocenters. The number of sulfonamides is 1. The van der Waals surface area contributed by atoms with Crippen LogP contribution in [-0.2, 0) is 16.6 Å². The quantitative estimate of drug-likeness (QED) is 0.911. The summed E-state index contributed by atoms with van der Waals surface area (Å²) in [6.45, 7) is -0.320. The Bertz CT molecular complexity index is 734. The fourth-order valence-electron chi connectivity index (χ4n) is 1.60.